The van der Waals surface area contributed by atoms with Gasteiger partial charge in [0.2, 0.25) is 0 Å². The largest absolute Gasteiger partial charge is 0.497 e. The van der Waals surface area contributed by atoms with Crippen LogP contribution in [0, 0.1) is 10.1 Å². The van der Waals surface area contributed by atoms with Gasteiger partial charge in [-0.1, -0.05) is 18.2 Å². The molecule has 24 heavy (non-hydrogen) atoms. The average molecular weight is 348 g/mol. The molecule has 0 aliphatic rings. The molecule has 0 fully saturated rings. The number of hydrogen-bond acceptors (Lipinski definition) is 5. The van der Waals surface area contributed by atoms with E-state index in [2.05, 4.69) is 6.58 Å². The number of methoxy groups -OCH3 is 1. The molecule has 8 heteroatoms. The minimum absolute atomic E-state index is 0.0121. The monoisotopic (exact) mass is 348 g/mol. The van der Waals surface area contributed by atoms with Crippen LogP contribution in [-0.4, -0.2) is 27.0 Å². The topological polar surface area (TPSA) is 89.8 Å². The molecule has 0 bridgehead atoms. The molecule has 0 heterocycles. The van der Waals surface area contributed by atoms with Gasteiger partial charge in [0.25, 0.3) is 15.7 Å². The second-order valence-electron chi connectivity index (χ2n) is 4.78. The van der Waals surface area contributed by atoms with E-state index in [4.69, 9.17) is 4.74 Å². The molecule has 2 aromatic rings. The molecule has 0 saturated carbocycles. The molecule has 7 nitrogen and oxygen atoms in total. The molecular formula is C16H16N2O5S. The van der Waals surface area contributed by atoms with Crippen LogP contribution < -0.4 is 9.04 Å². The smallest absolute Gasteiger partial charge is 0.270 e. The van der Waals surface area contributed by atoms with Crippen LogP contribution in [0.5, 0.6) is 5.75 Å². The second kappa shape index (κ2) is 7.14. The summed E-state index contributed by atoms with van der Waals surface area (Å²) in [6.07, 6.45) is 1.44. The van der Waals surface area contributed by atoms with Crippen LogP contribution in [0.25, 0.3) is 0 Å². The highest BCUT2D eigenvalue weighted by Gasteiger charge is 2.26. The molecule has 0 spiro atoms. The number of hydrogen-bond donors (Lipinski definition) is 0. The molecule has 0 aliphatic heterocycles. The number of nitro benzene ring substituents is 1. The molecule has 2 aromatic carbocycles. The molecule has 0 aliphatic carbocycles. The van der Waals surface area contributed by atoms with Crippen molar-refractivity contribution in [2.24, 2.45) is 0 Å². The van der Waals surface area contributed by atoms with Crippen molar-refractivity contribution in [2.45, 2.75) is 4.90 Å². The van der Waals surface area contributed by atoms with Crippen LogP contribution in [0.2, 0.25) is 0 Å². The number of nitrogens with zero attached hydrogens (tertiary/aromatic N) is 2. The van der Waals surface area contributed by atoms with E-state index in [-0.39, 0.29) is 17.1 Å². The first-order valence-electron chi connectivity index (χ1n) is 6.92. The van der Waals surface area contributed by atoms with Crippen molar-refractivity contribution >= 4 is 21.4 Å². The first-order chi connectivity index (χ1) is 11.4. The van der Waals surface area contributed by atoms with E-state index in [0.29, 0.717) is 11.4 Å². The number of nitro groups is 1. The zero-order valence-electron chi connectivity index (χ0n) is 13.0. The van der Waals surface area contributed by atoms with Gasteiger partial charge in [-0.3, -0.25) is 14.4 Å². The third-order valence-electron chi connectivity index (χ3n) is 3.25. The Kier molecular flexibility index (Phi) is 5.20. The van der Waals surface area contributed by atoms with E-state index in [1.165, 1.54) is 31.4 Å². The summed E-state index contributed by atoms with van der Waals surface area (Å²) in [6.45, 7) is 3.59. The fourth-order valence-corrected chi connectivity index (χ4v) is 3.58. The SMILES string of the molecule is C=CCN(c1cccc(OC)c1)S(=O)(=O)c1cccc([N+](=O)[O-])c1. The maximum Gasteiger partial charge on any atom is 0.270 e. The van der Waals surface area contributed by atoms with Crippen LogP contribution >= 0.6 is 0 Å². The Morgan fingerprint density at radius 2 is 1.96 bits per heavy atom. The highest BCUT2D eigenvalue weighted by molar-refractivity contribution is 7.92. The maximum atomic E-state index is 12.9. The molecule has 2 rings (SSSR count). The minimum atomic E-state index is -4.00. The van der Waals surface area contributed by atoms with Crippen molar-refractivity contribution < 1.29 is 18.1 Å². The lowest BCUT2D eigenvalue weighted by Gasteiger charge is -2.23. The summed E-state index contributed by atoms with van der Waals surface area (Å²) in [4.78, 5) is 10.1. The predicted octanol–water partition coefficient (Wildman–Crippen LogP) is 2.98. The number of benzene rings is 2. The minimum Gasteiger partial charge on any atom is -0.497 e. The van der Waals surface area contributed by atoms with Crippen molar-refractivity contribution in [1.82, 2.24) is 0 Å². The molecule has 0 aromatic heterocycles. The van der Waals surface area contributed by atoms with Crippen molar-refractivity contribution in [3.8, 4) is 5.75 Å². The van der Waals surface area contributed by atoms with E-state index in [1.807, 2.05) is 0 Å². The lowest BCUT2D eigenvalue weighted by Crippen LogP contribution is -2.31. The van der Waals surface area contributed by atoms with Gasteiger partial charge in [0.05, 0.1) is 29.2 Å². The second-order valence-corrected chi connectivity index (χ2v) is 6.64. The van der Waals surface area contributed by atoms with Gasteiger partial charge in [-0.2, -0.15) is 0 Å². The van der Waals surface area contributed by atoms with Gasteiger partial charge in [0, 0.05) is 18.2 Å². The molecule has 126 valence electrons. The summed E-state index contributed by atoms with van der Waals surface area (Å²) in [5, 5.41) is 10.9. The average Bonchev–Trinajstić information content (AvgIpc) is 2.59. The summed E-state index contributed by atoms with van der Waals surface area (Å²) in [5.41, 5.74) is 0.0843. The Bertz CT molecular complexity index is 864. The summed E-state index contributed by atoms with van der Waals surface area (Å²) in [5.74, 6) is 0.496. The Labute approximate surface area is 140 Å². The van der Waals surface area contributed by atoms with Crippen molar-refractivity contribution in [3.05, 3.63) is 71.3 Å². The summed E-state index contributed by atoms with van der Waals surface area (Å²) in [6, 6.07) is 11.5. The first kappa shape index (κ1) is 17.5. The molecular weight excluding hydrogens is 332 g/mol. The van der Waals surface area contributed by atoms with Crippen molar-refractivity contribution in [1.29, 1.82) is 0 Å². The van der Waals surface area contributed by atoms with Gasteiger partial charge in [-0.15, -0.1) is 6.58 Å². The number of sulfonamides is 1. The zero-order chi connectivity index (χ0) is 17.7. The van der Waals surface area contributed by atoms with Crippen LogP contribution in [0.15, 0.2) is 66.1 Å². The Morgan fingerprint density at radius 3 is 2.58 bits per heavy atom. The third-order valence-corrected chi connectivity index (χ3v) is 5.04. The normalized spacial score (nSPS) is 10.9. The van der Waals surface area contributed by atoms with Gasteiger partial charge in [-0.25, -0.2) is 8.42 Å². The zero-order valence-corrected chi connectivity index (χ0v) is 13.8. The molecule has 0 N–H and O–H groups in total. The molecule has 0 saturated heterocycles. The lowest BCUT2D eigenvalue weighted by molar-refractivity contribution is -0.385. The fraction of sp³-hybridized carbons (Fsp3) is 0.125. The van der Waals surface area contributed by atoms with E-state index in [1.54, 1.807) is 24.3 Å². The van der Waals surface area contributed by atoms with Gasteiger partial charge in [0.15, 0.2) is 0 Å². The van der Waals surface area contributed by atoms with E-state index >= 15 is 0 Å². The van der Waals surface area contributed by atoms with E-state index < -0.39 is 14.9 Å². The summed E-state index contributed by atoms with van der Waals surface area (Å²) in [7, 11) is -2.52. The quantitative estimate of drug-likeness (QED) is 0.436. The molecule has 0 amide bonds. The predicted molar refractivity (Wildman–Crippen MR) is 90.8 cm³/mol. The third kappa shape index (κ3) is 3.54. The standard InChI is InChI=1S/C16H16N2O5S/c1-3-10-17(13-6-4-8-15(11-13)23-2)24(21,22)16-9-5-7-14(12-16)18(19)20/h3-9,11-12H,1,10H2,2H3. The number of anilines is 1. The summed E-state index contributed by atoms with van der Waals surface area (Å²) < 4.78 is 32.1. The van der Waals surface area contributed by atoms with E-state index in [0.717, 1.165) is 10.4 Å². The van der Waals surface area contributed by atoms with Gasteiger partial charge < -0.3 is 4.74 Å². The van der Waals surface area contributed by atoms with Crippen LogP contribution in [-0.2, 0) is 10.0 Å². The Balaban J connectivity index is 2.54. The van der Waals surface area contributed by atoms with Crippen LogP contribution in [0.1, 0.15) is 0 Å². The lowest BCUT2D eigenvalue weighted by atomic mass is 10.3. The van der Waals surface area contributed by atoms with Crippen molar-refractivity contribution in [3.63, 3.8) is 0 Å². The van der Waals surface area contributed by atoms with Gasteiger partial charge in [-0.05, 0) is 18.2 Å². The highest BCUT2D eigenvalue weighted by atomic mass is 32.2. The van der Waals surface area contributed by atoms with E-state index in [9.17, 15) is 18.5 Å². The van der Waals surface area contributed by atoms with Gasteiger partial charge >= 0.3 is 0 Å². The molecule has 0 unspecified atom stereocenters. The maximum absolute atomic E-state index is 12.9. The number of non-ortho nitro benzene ring substituents is 1. The number of ether oxygens (including phenoxy) is 1. The van der Waals surface area contributed by atoms with Crippen molar-refractivity contribution in [2.75, 3.05) is 18.0 Å². The summed E-state index contributed by atoms with van der Waals surface area (Å²) >= 11 is 0. The van der Waals surface area contributed by atoms with Crippen LogP contribution in [0.4, 0.5) is 11.4 Å². The van der Waals surface area contributed by atoms with Gasteiger partial charge in [0.1, 0.15) is 5.75 Å². The molecule has 0 atom stereocenters. The number of rotatable bonds is 7. The first-order valence-corrected chi connectivity index (χ1v) is 8.36. The van der Waals surface area contributed by atoms with Crippen LogP contribution in [0.3, 0.4) is 0 Å². The molecule has 0 radical (unpaired) electrons. The Morgan fingerprint density at radius 1 is 1.25 bits per heavy atom. The Hall–Kier alpha value is -2.87. The fourth-order valence-electron chi connectivity index (χ4n) is 2.11. The highest BCUT2D eigenvalue weighted by Crippen LogP contribution is 2.28.